The Balaban J connectivity index is 2.50. The Hall–Kier alpha value is -1.26. The highest BCUT2D eigenvalue weighted by molar-refractivity contribution is 5.48. The van der Waals surface area contributed by atoms with Gasteiger partial charge in [-0.3, -0.25) is 0 Å². The normalized spacial score (nSPS) is 12.2. The molecule has 1 atom stereocenters. The van der Waals surface area contributed by atoms with Crippen molar-refractivity contribution >= 4 is 5.69 Å². The summed E-state index contributed by atoms with van der Waals surface area (Å²) >= 11 is 0. The first-order chi connectivity index (χ1) is 6.76. The molecule has 0 bridgehead atoms. The van der Waals surface area contributed by atoms with Crippen molar-refractivity contribution in [1.29, 1.82) is 0 Å². The molecular formula is C10H15NO3. The van der Waals surface area contributed by atoms with Gasteiger partial charge in [-0.25, -0.2) is 0 Å². The number of nitrogens with one attached hydrogen (secondary N) is 1. The number of methoxy groups -OCH3 is 1. The third kappa shape index (κ3) is 3.24. The average molecular weight is 197 g/mol. The molecular weight excluding hydrogens is 182 g/mol. The van der Waals surface area contributed by atoms with Crippen LogP contribution in [0.3, 0.4) is 0 Å². The van der Waals surface area contributed by atoms with Gasteiger partial charge in [-0.15, -0.1) is 0 Å². The van der Waals surface area contributed by atoms with Crippen molar-refractivity contribution in [3.63, 3.8) is 0 Å². The van der Waals surface area contributed by atoms with Gasteiger partial charge < -0.3 is 20.3 Å². The predicted molar refractivity (Wildman–Crippen MR) is 54.6 cm³/mol. The molecule has 0 heterocycles. The average Bonchev–Trinajstić information content (AvgIpc) is 2.26. The minimum atomic E-state index is -0.735. The zero-order valence-corrected chi connectivity index (χ0v) is 8.10. The summed E-state index contributed by atoms with van der Waals surface area (Å²) in [6.07, 6.45) is -0.735. The molecule has 3 N–H and O–H groups in total. The molecule has 1 unspecified atom stereocenters. The van der Waals surface area contributed by atoms with Crippen LogP contribution in [0, 0.1) is 0 Å². The van der Waals surface area contributed by atoms with Crippen molar-refractivity contribution < 1.29 is 14.9 Å². The number of aliphatic hydroxyl groups excluding tert-OH is 2. The van der Waals surface area contributed by atoms with Crippen LogP contribution in [0.2, 0.25) is 0 Å². The Morgan fingerprint density at radius 1 is 1.50 bits per heavy atom. The van der Waals surface area contributed by atoms with Gasteiger partial charge in [0.25, 0.3) is 0 Å². The SMILES string of the molecule is COc1cccc(NCC(O)CO)c1. The molecule has 1 aromatic rings. The topological polar surface area (TPSA) is 61.7 Å². The molecule has 4 nitrogen and oxygen atoms in total. The molecule has 4 heteroatoms. The summed E-state index contributed by atoms with van der Waals surface area (Å²) in [4.78, 5) is 0. The van der Waals surface area contributed by atoms with Crippen LogP contribution in [0.25, 0.3) is 0 Å². The van der Waals surface area contributed by atoms with Crippen LogP contribution in [-0.2, 0) is 0 Å². The summed E-state index contributed by atoms with van der Waals surface area (Å²) in [6.45, 7) is 0.0840. The highest BCUT2D eigenvalue weighted by Crippen LogP contribution is 2.16. The van der Waals surface area contributed by atoms with Gasteiger partial charge in [0.05, 0.1) is 19.8 Å². The number of aliphatic hydroxyl groups is 2. The Morgan fingerprint density at radius 3 is 2.93 bits per heavy atom. The standard InChI is InChI=1S/C10H15NO3/c1-14-10-4-2-3-8(5-10)11-6-9(13)7-12/h2-5,9,11-13H,6-7H2,1H3. The molecule has 1 aromatic carbocycles. The number of rotatable bonds is 5. The summed E-state index contributed by atoms with van der Waals surface area (Å²) in [6, 6.07) is 7.39. The third-order valence-corrected chi connectivity index (χ3v) is 1.82. The van der Waals surface area contributed by atoms with Gasteiger partial charge in [-0.2, -0.15) is 0 Å². The molecule has 0 fully saturated rings. The first kappa shape index (κ1) is 10.8. The van der Waals surface area contributed by atoms with Gasteiger partial charge in [0.1, 0.15) is 5.75 Å². The predicted octanol–water partition coefficient (Wildman–Crippen LogP) is 0.460. The van der Waals surface area contributed by atoms with Crippen molar-refractivity contribution in [2.24, 2.45) is 0 Å². The maximum absolute atomic E-state index is 9.10. The quantitative estimate of drug-likeness (QED) is 0.641. The van der Waals surface area contributed by atoms with Crippen molar-refractivity contribution in [1.82, 2.24) is 0 Å². The molecule has 0 aromatic heterocycles. The van der Waals surface area contributed by atoms with E-state index in [1.165, 1.54) is 0 Å². The smallest absolute Gasteiger partial charge is 0.120 e. The number of hydrogen-bond acceptors (Lipinski definition) is 4. The molecule has 0 saturated heterocycles. The lowest BCUT2D eigenvalue weighted by Gasteiger charge is -2.10. The Labute approximate surface area is 83.1 Å². The van der Waals surface area contributed by atoms with E-state index in [0.29, 0.717) is 6.54 Å². The molecule has 0 amide bonds. The number of benzene rings is 1. The first-order valence-corrected chi connectivity index (χ1v) is 4.43. The molecule has 0 spiro atoms. The highest BCUT2D eigenvalue weighted by atomic mass is 16.5. The van der Waals surface area contributed by atoms with Crippen molar-refractivity contribution in [3.8, 4) is 5.75 Å². The molecule has 0 aliphatic heterocycles. The van der Waals surface area contributed by atoms with E-state index in [4.69, 9.17) is 14.9 Å². The van der Waals surface area contributed by atoms with E-state index < -0.39 is 6.10 Å². The van der Waals surface area contributed by atoms with E-state index in [-0.39, 0.29) is 6.61 Å². The lowest BCUT2D eigenvalue weighted by molar-refractivity contribution is 0.105. The fourth-order valence-electron chi connectivity index (χ4n) is 1.03. The van der Waals surface area contributed by atoms with Crippen molar-refractivity contribution in [2.45, 2.75) is 6.10 Å². The van der Waals surface area contributed by atoms with Crippen LogP contribution in [0.5, 0.6) is 5.75 Å². The third-order valence-electron chi connectivity index (χ3n) is 1.82. The van der Waals surface area contributed by atoms with Crippen molar-refractivity contribution in [2.75, 3.05) is 25.6 Å². The molecule has 78 valence electrons. The molecule has 0 aliphatic carbocycles. The largest absolute Gasteiger partial charge is 0.497 e. The molecule has 0 aliphatic rings. The van der Waals surface area contributed by atoms with Crippen LogP contribution in [-0.4, -0.2) is 36.6 Å². The van der Waals surface area contributed by atoms with Gasteiger partial charge >= 0.3 is 0 Å². The summed E-state index contributed by atoms with van der Waals surface area (Å²) in [7, 11) is 1.60. The van der Waals surface area contributed by atoms with Crippen molar-refractivity contribution in [3.05, 3.63) is 24.3 Å². The van der Waals surface area contributed by atoms with Crippen LogP contribution < -0.4 is 10.1 Å². The monoisotopic (exact) mass is 197 g/mol. The van der Waals surface area contributed by atoms with Gasteiger partial charge in [-0.1, -0.05) is 6.07 Å². The van der Waals surface area contributed by atoms with Crippen LogP contribution in [0.1, 0.15) is 0 Å². The van der Waals surface area contributed by atoms with E-state index in [2.05, 4.69) is 5.32 Å². The number of hydrogen-bond donors (Lipinski definition) is 3. The minimum Gasteiger partial charge on any atom is -0.497 e. The van der Waals surface area contributed by atoms with E-state index in [9.17, 15) is 0 Å². The van der Waals surface area contributed by atoms with Crippen LogP contribution in [0.15, 0.2) is 24.3 Å². The van der Waals surface area contributed by atoms with E-state index >= 15 is 0 Å². The molecule has 0 saturated carbocycles. The summed E-state index contributed by atoms with van der Waals surface area (Å²) in [5, 5.41) is 20.7. The Bertz CT molecular complexity index is 278. The highest BCUT2D eigenvalue weighted by Gasteiger charge is 2.01. The summed E-state index contributed by atoms with van der Waals surface area (Å²) in [5.74, 6) is 0.758. The van der Waals surface area contributed by atoms with Gasteiger partial charge in [0.2, 0.25) is 0 Å². The van der Waals surface area contributed by atoms with Crippen LogP contribution in [0.4, 0.5) is 5.69 Å². The van der Waals surface area contributed by atoms with Gasteiger partial charge in [0.15, 0.2) is 0 Å². The van der Waals surface area contributed by atoms with E-state index in [1.807, 2.05) is 24.3 Å². The maximum Gasteiger partial charge on any atom is 0.120 e. The summed E-state index contributed by atoms with van der Waals surface area (Å²) in [5.41, 5.74) is 0.858. The lowest BCUT2D eigenvalue weighted by Crippen LogP contribution is -2.22. The zero-order chi connectivity index (χ0) is 10.4. The summed E-state index contributed by atoms with van der Waals surface area (Å²) < 4.78 is 5.04. The Morgan fingerprint density at radius 2 is 2.29 bits per heavy atom. The fraction of sp³-hybridized carbons (Fsp3) is 0.400. The van der Waals surface area contributed by atoms with E-state index in [1.54, 1.807) is 7.11 Å². The van der Waals surface area contributed by atoms with Gasteiger partial charge in [0, 0.05) is 18.3 Å². The molecule has 14 heavy (non-hydrogen) atoms. The zero-order valence-electron chi connectivity index (χ0n) is 8.10. The van der Waals surface area contributed by atoms with Crippen LogP contribution >= 0.6 is 0 Å². The molecule has 0 radical (unpaired) electrons. The lowest BCUT2D eigenvalue weighted by atomic mass is 10.3. The van der Waals surface area contributed by atoms with Gasteiger partial charge in [-0.05, 0) is 12.1 Å². The first-order valence-electron chi connectivity index (χ1n) is 4.43. The number of ether oxygens (including phenoxy) is 1. The second kappa shape index (κ2) is 5.47. The second-order valence-electron chi connectivity index (χ2n) is 2.95. The molecule has 1 rings (SSSR count). The Kier molecular flexibility index (Phi) is 4.22. The fourth-order valence-corrected chi connectivity index (χ4v) is 1.03. The maximum atomic E-state index is 9.10. The minimum absolute atomic E-state index is 0.239. The number of anilines is 1. The second-order valence-corrected chi connectivity index (χ2v) is 2.95. The van der Waals surface area contributed by atoms with E-state index in [0.717, 1.165) is 11.4 Å².